The third-order valence-corrected chi connectivity index (χ3v) is 5.37. The van der Waals surface area contributed by atoms with Gasteiger partial charge in [-0.3, -0.25) is 0 Å². The minimum Gasteiger partial charge on any atom is -0.330 e. The largest absolute Gasteiger partial charge is 0.330 e. The fourth-order valence-corrected chi connectivity index (χ4v) is 4.36. The van der Waals surface area contributed by atoms with Crippen LogP contribution in [0.4, 0.5) is 4.39 Å². The molecule has 0 heterocycles. The summed E-state index contributed by atoms with van der Waals surface area (Å²) in [5.41, 5.74) is 6.89. The molecule has 0 radical (unpaired) electrons. The van der Waals surface area contributed by atoms with Gasteiger partial charge in [-0.2, -0.15) is 0 Å². The smallest absolute Gasteiger partial charge is 0.144 e. The van der Waals surface area contributed by atoms with Crippen LogP contribution in [0.25, 0.3) is 0 Å². The number of hydrogen-bond donors (Lipinski definition) is 1. The second kappa shape index (κ2) is 4.50. The van der Waals surface area contributed by atoms with Gasteiger partial charge in [0.15, 0.2) is 0 Å². The summed E-state index contributed by atoms with van der Waals surface area (Å²) in [6.45, 7) is 0.667. The third kappa shape index (κ3) is 1.86. The van der Waals surface area contributed by atoms with Gasteiger partial charge in [0.25, 0.3) is 0 Å². The van der Waals surface area contributed by atoms with E-state index in [1.807, 2.05) is 12.1 Å². The summed E-state index contributed by atoms with van der Waals surface area (Å²) in [7, 11) is 0. The molecule has 2 fully saturated rings. The average molecular weight is 268 g/mol. The fraction of sp³-hybridized carbons (Fsp3) is 0.600. The Balaban J connectivity index is 1.88. The van der Waals surface area contributed by atoms with Gasteiger partial charge in [0, 0.05) is 0 Å². The Kier molecular flexibility index (Phi) is 3.11. The van der Waals surface area contributed by atoms with Crippen LogP contribution in [0.3, 0.4) is 0 Å². The summed E-state index contributed by atoms with van der Waals surface area (Å²) in [6, 6.07) is 5.29. The Morgan fingerprint density at radius 1 is 1.39 bits per heavy atom. The molecule has 0 aromatic heterocycles. The van der Waals surface area contributed by atoms with E-state index in [1.165, 1.54) is 25.7 Å². The van der Waals surface area contributed by atoms with Gasteiger partial charge in [0.2, 0.25) is 0 Å². The molecule has 3 heteroatoms. The molecule has 3 unspecified atom stereocenters. The van der Waals surface area contributed by atoms with Crippen LogP contribution >= 0.6 is 11.6 Å². The molecule has 0 amide bonds. The standard InChI is InChI=1S/C15H19ClFN/c16-13-3-1-2-11(14(13)17)8-15(9-18)7-10-4-5-12(15)6-10/h1-3,10,12H,4-9,18H2. The zero-order valence-corrected chi connectivity index (χ0v) is 11.2. The first-order valence-corrected chi connectivity index (χ1v) is 7.15. The molecule has 2 aliphatic carbocycles. The molecule has 3 atom stereocenters. The lowest BCUT2D eigenvalue weighted by Crippen LogP contribution is -2.38. The molecule has 3 rings (SSSR count). The second-order valence-electron chi connectivity index (χ2n) is 6.04. The Labute approximate surface area is 113 Å². The highest BCUT2D eigenvalue weighted by molar-refractivity contribution is 6.30. The van der Waals surface area contributed by atoms with E-state index in [-0.39, 0.29) is 16.3 Å². The van der Waals surface area contributed by atoms with Gasteiger partial charge in [0.1, 0.15) is 5.82 Å². The summed E-state index contributed by atoms with van der Waals surface area (Å²) in [5, 5.41) is 0.225. The molecule has 0 saturated heterocycles. The first kappa shape index (κ1) is 12.4. The molecule has 1 nitrogen and oxygen atoms in total. The predicted octanol–water partition coefficient (Wildman–Crippen LogP) is 3.79. The highest BCUT2D eigenvalue weighted by Crippen LogP contribution is 2.56. The number of halogens is 2. The van der Waals surface area contributed by atoms with E-state index in [0.717, 1.165) is 17.9 Å². The van der Waals surface area contributed by atoms with Crippen LogP contribution in [0.2, 0.25) is 5.02 Å². The molecule has 1 aromatic rings. The molecule has 18 heavy (non-hydrogen) atoms. The van der Waals surface area contributed by atoms with Gasteiger partial charge in [-0.05, 0) is 61.1 Å². The van der Waals surface area contributed by atoms with Crippen LogP contribution in [-0.2, 0) is 6.42 Å². The Bertz CT molecular complexity index is 462. The average Bonchev–Trinajstić information content (AvgIpc) is 2.96. The number of rotatable bonds is 3. The Morgan fingerprint density at radius 3 is 2.83 bits per heavy atom. The van der Waals surface area contributed by atoms with Gasteiger partial charge < -0.3 is 5.73 Å². The van der Waals surface area contributed by atoms with E-state index in [2.05, 4.69) is 0 Å². The monoisotopic (exact) mass is 267 g/mol. The van der Waals surface area contributed by atoms with E-state index in [1.54, 1.807) is 6.07 Å². The molecule has 2 N–H and O–H groups in total. The van der Waals surface area contributed by atoms with Crippen molar-refractivity contribution < 1.29 is 4.39 Å². The zero-order valence-electron chi connectivity index (χ0n) is 10.5. The van der Waals surface area contributed by atoms with Crippen molar-refractivity contribution in [1.82, 2.24) is 0 Å². The highest BCUT2D eigenvalue weighted by atomic mass is 35.5. The summed E-state index contributed by atoms with van der Waals surface area (Å²) in [6.07, 6.45) is 5.81. The summed E-state index contributed by atoms with van der Waals surface area (Å²) < 4.78 is 14.0. The lowest BCUT2D eigenvalue weighted by Gasteiger charge is -2.37. The number of nitrogens with two attached hydrogens (primary N) is 1. The number of hydrogen-bond acceptors (Lipinski definition) is 1. The molecule has 2 bridgehead atoms. The third-order valence-electron chi connectivity index (χ3n) is 5.08. The van der Waals surface area contributed by atoms with Crippen LogP contribution in [0.1, 0.15) is 31.2 Å². The normalized spacial score (nSPS) is 34.2. The van der Waals surface area contributed by atoms with Gasteiger partial charge in [-0.15, -0.1) is 0 Å². The lowest BCUT2D eigenvalue weighted by atomic mass is 9.69. The van der Waals surface area contributed by atoms with Crippen LogP contribution in [0, 0.1) is 23.1 Å². The topological polar surface area (TPSA) is 26.0 Å². The predicted molar refractivity (Wildman–Crippen MR) is 72.0 cm³/mol. The van der Waals surface area contributed by atoms with Crippen molar-refractivity contribution in [3.8, 4) is 0 Å². The zero-order chi connectivity index (χ0) is 12.8. The van der Waals surface area contributed by atoms with Crippen LogP contribution in [0.15, 0.2) is 18.2 Å². The quantitative estimate of drug-likeness (QED) is 0.886. The maximum absolute atomic E-state index is 14.0. The maximum Gasteiger partial charge on any atom is 0.144 e. The first-order chi connectivity index (χ1) is 8.64. The Hall–Kier alpha value is -0.600. The van der Waals surface area contributed by atoms with Crippen molar-refractivity contribution >= 4 is 11.6 Å². The lowest BCUT2D eigenvalue weighted by molar-refractivity contribution is 0.170. The number of benzene rings is 1. The van der Waals surface area contributed by atoms with Crippen molar-refractivity contribution in [3.63, 3.8) is 0 Å². The SMILES string of the molecule is NCC1(Cc2cccc(Cl)c2F)CC2CCC1C2. The molecule has 2 aliphatic rings. The highest BCUT2D eigenvalue weighted by Gasteiger charge is 2.50. The molecule has 2 saturated carbocycles. The van der Waals surface area contributed by atoms with Crippen LogP contribution in [0.5, 0.6) is 0 Å². The fourth-order valence-electron chi connectivity index (χ4n) is 4.16. The van der Waals surface area contributed by atoms with Crippen molar-refractivity contribution in [2.24, 2.45) is 23.0 Å². The van der Waals surface area contributed by atoms with Gasteiger partial charge in [-0.1, -0.05) is 30.2 Å². The minimum absolute atomic E-state index is 0.119. The van der Waals surface area contributed by atoms with Crippen LogP contribution < -0.4 is 5.73 Å². The first-order valence-electron chi connectivity index (χ1n) is 6.77. The summed E-state index contributed by atoms with van der Waals surface area (Å²) in [4.78, 5) is 0. The van der Waals surface area contributed by atoms with Gasteiger partial charge in [-0.25, -0.2) is 4.39 Å². The van der Waals surface area contributed by atoms with E-state index in [0.29, 0.717) is 12.5 Å². The van der Waals surface area contributed by atoms with E-state index in [9.17, 15) is 4.39 Å². The molecule has 0 aliphatic heterocycles. The number of fused-ring (bicyclic) bond motifs is 2. The van der Waals surface area contributed by atoms with E-state index >= 15 is 0 Å². The minimum atomic E-state index is -0.255. The van der Waals surface area contributed by atoms with Gasteiger partial charge in [0.05, 0.1) is 5.02 Å². The summed E-state index contributed by atoms with van der Waals surface area (Å²) >= 11 is 5.86. The molecular formula is C15H19ClFN. The van der Waals surface area contributed by atoms with Crippen molar-refractivity contribution in [2.75, 3.05) is 6.54 Å². The molecule has 1 aromatic carbocycles. The van der Waals surface area contributed by atoms with Gasteiger partial charge >= 0.3 is 0 Å². The maximum atomic E-state index is 14.0. The molecular weight excluding hydrogens is 249 g/mol. The molecule has 0 spiro atoms. The van der Waals surface area contributed by atoms with Crippen molar-refractivity contribution in [3.05, 3.63) is 34.6 Å². The van der Waals surface area contributed by atoms with Crippen molar-refractivity contribution in [1.29, 1.82) is 0 Å². The summed E-state index contributed by atoms with van der Waals surface area (Å²) in [5.74, 6) is 1.25. The second-order valence-corrected chi connectivity index (χ2v) is 6.44. The Morgan fingerprint density at radius 2 is 2.22 bits per heavy atom. The molecule has 98 valence electrons. The van der Waals surface area contributed by atoms with E-state index < -0.39 is 0 Å². The van der Waals surface area contributed by atoms with Crippen molar-refractivity contribution in [2.45, 2.75) is 32.1 Å². The van der Waals surface area contributed by atoms with E-state index in [4.69, 9.17) is 17.3 Å². The van der Waals surface area contributed by atoms with Crippen LogP contribution in [-0.4, -0.2) is 6.54 Å².